The SMILES string of the molecule is CO.O=C([O-])c1ccccc1O.O=C([O-])c1ccccc1O.[Cd+2].c1ccc(-c2ccccn2)nc1.c1ccc(-c2ccccn2)nc1. The van der Waals surface area contributed by atoms with Gasteiger partial charge in [0.2, 0.25) is 0 Å². The van der Waals surface area contributed by atoms with Crippen molar-refractivity contribution in [3.63, 3.8) is 0 Å². The number of carboxylic acid groups (broad SMARTS) is 2. The molecular weight excluding hydrogens is 701 g/mol. The predicted octanol–water partition coefficient (Wildman–Crippen LogP) is 3.40. The number of benzene rings is 2. The fourth-order valence-electron chi connectivity index (χ4n) is 3.35. The summed E-state index contributed by atoms with van der Waals surface area (Å²) in [7, 11) is 1.00. The van der Waals surface area contributed by atoms with E-state index in [4.69, 9.17) is 15.3 Å². The molecule has 0 saturated carbocycles. The van der Waals surface area contributed by atoms with Gasteiger partial charge in [-0.3, -0.25) is 19.9 Å². The van der Waals surface area contributed by atoms with Crippen LogP contribution in [0.4, 0.5) is 0 Å². The maximum Gasteiger partial charge on any atom is 2.00 e. The normalized spacial score (nSPS) is 8.98. The van der Waals surface area contributed by atoms with Crippen molar-refractivity contribution in [1.82, 2.24) is 19.9 Å². The molecule has 2 aromatic carbocycles. The number of carbonyl (C=O) groups is 2. The third kappa shape index (κ3) is 14.4. The number of hydrogen-bond acceptors (Lipinski definition) is 11. The van der Waals surface area contributed by atoms with Gasteiger partial charge in [-0.05, 0) is 72.8 Å². The molecule has 0 radical (unpaired) electrons. The summed E-state index contributed by atoms with van der Waals surface area (Å²) in [6.07, 6.45) is 7.07. The van der Waals surface area contributed by atoms with Crippen LogP contribution in [0.1, 0.15) is 20.7 Å². The molecule has 4 aromatic heterocycles. The molecule has 0 spiro atoms. The minimum atomic E-state index is -1.36. The summed E-state index contributed by atoms with van der Waals surface area (Å²) < 4.78 is 0. The van der Waals surface area contributed by atoms with Gasteiger partial charge in [0.1, 0.15) is 11.5 Å². The van der Waals surface area contributed by atoms with Crippen molar-refractivity contribution in [3.05, 3.63) is 157 Å². The number of pyridine rings is 4. The summed E-state index contributed by atoms with van der Waals surface area (Å²) >= 11 is 0. The molecule has 6 rings (SSSR count). The molecule has 0 amide bonds. The van der Waals surface area contributed by atoms with Gasteiger partial charge in [-0.1, -0.05) is 48.5 Å². The van der Waals surface area contributed by atoms with E-state index in [1.165, 1.54) is 36.4 Å². The van der Waals surface area contributed by atoms with Crippen LogP contribution in [0, 0.1) is 0 Å². The first-order valence-electron chi connectivity index (χ1n) is 13.4. The number of aromatic nitrogens is 4. The number of nitrogens with zero attached hydrogens (tertiary/aromatic N) is 4. The fourth-order valence-corrected chi connectivity index (χ4v) is 3.35. The van der Waals surface area contributed by atoms with Crippen LogP contribution in [-0.2, 0) is 27.3 Å². The fraction of sp³-hybridized carbons (Fsp3) is 0.0286. The van der Waals surface area contributed by atoms with E-state index in [9.17, 15) is 19.8 Å². The predicted molar refractivity (Wildman–Crippen MR) is 168 cm³/mol. The Morgan fingerprint density at radius 2 is 0.681 bits per heavy atom. The zero-order valence-electron chi connectivity index (χ0n) is 25.3. The Kier molecular flexibility index (Phi) is 19.2. The van der Waals surface area contributed by atoms with Crippen LogP contribution < -0.4 is 10.2 Å². The van der Waals surface area contributed by atoms with Gasteiger partial charge in [0.15, 0.2) is 0 Å². The van der Waals surface area contributed by atoms with Crippen LogP contribution in [0.5, 0.6) is 11.5 Å². The summed E-state index contributed by atoms with van der Waals surface area (Å²) in [4.78, 5) is 37.0. The molecule has 47 heavy (non-hydrogen) atoms. The first-order valence-corrected chi connectivity index (χ1v) is 13.4. The number of aliphatic hydroxyl groups excluding tert-OH is 1. The molecule has 0 aliphatic carbocycles. The standard InChI is InChI=1S/2C10H8N2.2C7H6O3.CH4O.Cd/c2*1-3-7-11-9(5-1)10-6-2-4-8-12-10;2*8-6-4-2-1-3-5(6)7(9)10;1-2;/h2*1-8H;2*1-4,8H,(H,9,10);2H,1H3;/q;;;;;+2/p-2. The smallest absolute Gasteiger partial charge is 0.545 e. The molecular formula is C35H30CdN4O7. The Balaban J connectivity index is 0.000000307. The van der Waals surface area contributed by atoms with E-state index in [0.29, 0.717) is 0 Å². The molecule has 3 N–H and O–H groups in total. The van der Waals surface area contributed by atoms with Crippen molar-refractivity contribution in [3.8, 4) is 34.3 Å². The van der Waals surface area contributed by atoms with Crippen molar-refractivity contribution in [2.24, 2.45) is 0 Å². The summed E-state index contributed by atoms with van der Waals surface area (Å²) in [5.41, 5.74) is 3.30. The number of aromatic hydroxyl groups is 2. The molecule has 234 valence electrons. The zero-order chi connectivity index (χ0) is 33.6. The second-order valence-corrected chi connectivity index (χ2v) is 8.47. The van der Waals surface area contributed by atoms with Gasteiger partial charge < -0.3 is 35.1 Å². The topological polar surface area (TPSA) is 193 Å². The quantitative estimate of drug-likeness (QED) is 0.225. The average molecular weight is 731 g/mol. The Morgan fingerprint density at radius 1 is 0.447 bits per heavy atom. The van der Waals surface area contributed by atoms with Crippen LogP contribution >= 0.6 is 0 Å². The largest absolute Gasteiger partial charge is 2.00 e. The van der Waals surface area contributed by atoms with Crippen molar-refractivity contribution in [1.29, 1.82) is 0 Å². The van der Waals surface area contributed by atoms with E-state index in [1.807, 2.05) is 72.8 Å². The third-order valence-corrected chi connectivity index (χ3v) is 5.43. The first-order chi connectivity index (χ1) is 22.4. The maximum absolute atomic E-state index is 10.2. The van der Waals surface area contributed by atoms with E-state index in [-0.39, 0.29) is 49.9 Å². The molecule has 0 bridgehead atoms. The second kappa shape index (κ2) is 22.9. The van der Waals surface area contributed by atoms with E-state index in [1.54, 1.807) is 36.9 Å². The molecule has 0 fully saturated rings. The molecule has 6 aromatic rings. The molecule has 11 nitrogen and oxygen atoms in total. The third-order valence-electron chi connectivity index (χ3n) is 5.43. The van der Waals surface area contributed by atoms with E-state index in [2.05, 4.69) is 19.9 Å². The van der Waals surface area contributed by atoms with Crippen molar-refractivity contribution in [2.75, 3.05) is 7.11 Å². The number of rotatable bonds is 4. The maximum atomic E-state index is 10.2. The van der Waals surface area contributed by atoms with Crippen LogP contribution in [0.2, 0.25) is 0 Å². The monoisotopic (exact) mass is 732 g/mol. The van der Waals surface area contributed by atoms with Gasteiger partial charge in [-0.25, -0.2) is 0 Å². The number of hydrogen-bond donors (Lipinski definition) is 3. The number of carboxylic acids is 2. The summed E-state index contributed by atoms with van der Waals surface area (Å²) in [6, 6.07) is 34.5. The van der Waals surface area contributed by atoms with Gasteiger partial charge in [0, 0.05) is 43.0 Å². The number of phenols is 2. The molecule has 0 aliphatic heterocycles. The van der Waals surface area contributed by atoms with E-state index >= 15 is 0 Å². The Bertz CT molecular complexity index is 1530. The van der Waals surface area contributed by atoms with Crippen molar-refractivity contribution >= 4 is 11.9 Å². The summed E-state index contributed by atoms with van der Waals surface area (Å²) in [5, 5.41) is 45.0. The number of para-hydroxylation sites is 2. The molecule has 0 saturated heterocycles. The Hall–Kier alpha value is -5.54. The second-order valence-electron chi connectivity index (χ2n) is 8.47. The van der Waals surface area contributed by atoms with Crippen LogP contribution in [0.15, 0.2) is 146 Å². The van der Waals surface area contributed by atoms with Crippen LogP contribution in [0.3, 0.4) is 0 Å². The van der Waals surface area contributed by atoms with Gasteiger partial charge >= 0.3 is 27.3 Å². The average Bonchev–Trinajstić information content (AvgIpc) is 3.12. The number of aromatic carboxylic acids is 2. The summed E-state index contributed by atoms with van der Waals surface area (Å²) in [6.45, 7) is 0. The van der Waals surface area contributed by atoms with Gasteiger partial charge in [-0.2, -0.15) is 0 Å². The van der Waals surface area contributed by atoms with Gasteiger partial charge in [-0.15, -0.1) is 0 Å². The van der Waals surface area contributed by atoms with E-state index in [0.717, 1.165) is 29.9 Å². The summed E-state index contributed by atoms with van der Waals surface area (Å²) in [5.74, 6) is -3.25. The zero-order valence-corrected chi connectivity index (χ0v) is 29.4. The first kappa shape index (κ1) is 39.5. The van der Waals surface area contributed by atoms with Crippen LogP contribution in [0.25, 0.3) is 22.8 Å². The van der Waals surface area contributed by atoms with Crippen molar-refractivity contribution < 1.29 is 62.4 Å². The Morgan fingerprint density at radius 3 is 0.851 bits per heavy atom. The molecule has 0 atom stereocenters. The van der Waals surface area contributed by atoms with Crippen molar-refractivity contribution in [2.45, 2.75) is 0 Å². The Labute approximate surface area is 291 Å². The number of carbonyl (C=O) groups excluding carboxylic acids is 2. The van der Waals surface area contributed by atoms with Gasteiger partial charge in [0.25, 0.3) is 0 Å². The molecule has 12 heteroatoms. The van der Waals surface area contributed by atoms with Gasteiger partial charge in [0.05, 0.1) is 34.7 Å². The number of aliphatic hydroxyl groups is 1. The molecule has 0 aliphatic rings. The van der Waals surface area contributed by atoms with Crippen LogP contribution in [-0.4, -0.2) is 54.3 Å². The molecule has 0 unspecified atom stereocenters. The van der Waals surface area contributed by atoms with E-state index < -0.39 is 11.9 Å². The minimum absolute atomic E-state index is 0. The minimum Gasteiger partial charge on any atom is -0.545 e. The molecule has 4 heterocycles.